The summed E-state index contributed by atoms with van der Waals surface area (Å²) in [6.07, 6.45) is 1.14. The first-order valence-corrected chi connectivity index (χ1v) is 9.56. The largest absolute Gasteiger partial charge is 0.480 e. The van der Waals surface area contributed by atoms with Crippen LogP contribution in [0.4, 0.5) is 4.79 Å². The van der Waals surface area contributed by atoms with Crippen LogP contribution in [0.3, 0.4) is 0 Å². The Bertz CT molecular complexity index is 772. The molecule has 1 fully saturated rings. The summed E-state index contributed by atoms with van der Waals surface area (Å²) in [7, 11) is 0. The van der Waals surface area contributed by atoms with E-state index >= 15 is 0 Å². The van der Waals surface area contributed by atoms with Crippen LogP contribution in [0.5, 0.6) is 0 Å². The van der Waals surface area contributed by atoms with Crippen molar-refractivity contribution in [3.63, 3.8) is 0 Å². The van der Waals surface area contributed by atoms with Crippen LogP contribution >= 0.6 is 0 Å². The predicted octanol–water partition coefficient (Wildman–Crippen LogP) is 1.91. The number of carbonyl (C=O) groups excluding carboxylic acids is 3. The molecule has 0 radical (unpaired) electrons. The quantitative estimate of drug-likeness (QED) is 0.721. The highest BCUT2D eigenvalue weighted by Crippen LogP contribution is 2.23. The van der Waals surface area contributed by atoms with Crippen molar-refractivity contribution >= 4 is 23.8 Å². The third-order valence-corrected chi connectivity index (χ3v) is 5.25. The molecule has 0 aromatic heterocycles. The number of rotatable bonds is 7. The lowest BCUT2D eigenvalue weighted by Crippen LogP contribution is -2.57. The highest BCUT2D eigenvalue weighted by molar-refractivity contribution is 6.21. The zero-order chi connectivity index (χ0) is 20.4. The van der Waals surface area contributed by atoms with Gasteiger partial charge in [0.2, 0.25) is 0 Å². The maximum Gasteiger partial charge on any atom is 0.326 e. The van der Waals surface area contributed by atoms with Crippen LogP contribution in [-0.4, -0.2) is 75.8 Å². The Kier molecular flexibility index (Phi) is 5.67. The molecule has 2 aliphatic rings. The van der Waals surface area contributed by atoms with Crippen molar-refractivity contribution in [3.05, 3.63) is 35.4 Å². The number of aliphatic carboxylic acids is 1. The standard InChI is InChI=1S/C20H25N3O5/c1-13(2)16(19(26)27)22-11-5-9-21(20(22)28)10-6-12-23-17(24)14-7-3-4-8-15(14)18(23)25/h3-4,7-8,13,16H,5-6,9-12H2,1-2H3,(H,26,27). The van der Waals surface area contributed by atoms with Gasteiger partial charge in [-0.2, -0.15) is 0 Å². The second-order valence-corrected chi connectivity index (χ2v) is 7.50. The molecule has 0 spiro atoms. The summed E-state index contributed by atoms with van der Waals surface area (Å²) in [5.41, 5.74) is 0.822. The molecule has 3 rings (SSSR count). The van der Waals surface area contributed by atoms with Gasteiger partial charge in [0.25, 0.3) is 11.8 Å². The molecule has 1 saturated heterocycles. The van der Waals surface area contributed by atoms with Gasteiger partial charge in [0.15, 0.2) is 0 Å². The van der Waals surface area contributed by atoms with E-state index in [1.54, 1.807) is 43.0 Å². The smallest absolute Gasteiger partial charge is 0.326 e. The predicted molar refractivity (Wildman–Crippen MR) is 101 cm³/mol. The molecule has 0 bridgehead atoms. The van der Waals surface area contributed by atoms with Crippen molar-refractivity contribution < 1.29 is 24.3 Å². The molecule has 1 aromatic rings. The SMILES string of the molecule is CC(C)C(C(=O)O)N1CCCN(CCCN2C(=O)c3ccccc3C2=O)C1=O. The van der Waals surface area contributed by atoms with E-state index in [-0.39, 0.29) is 30.3 Å². The summed E-state index contributed by atoms with van der Waals surface area (Å²) in [5.74, 6) is -1.81. The van der Waals surface area contributed by atoms with Crippen molar-refractivity contribution in [1.82, 2.24) is 14.7 Å². The molecular formula is C20H25N3O5. The number of amides is 4. The Morgan fingerprint density at radius 3 is 2.18 bits per heavy atom. The van der Waals surface area contributed by atoms with E-state index in [1.165, 1.54) is 9.80 Å². The van der Waals surface area contributed by atoms with Crippen LogP contribution in [0, 0.1) is 5.92 Å². The first kappa shape index (κ1) is 19.9. The molecule has 8 heteroatoms. The molecule has 2 aliphatic heterocycles. The minimum atomic E-state index is -1.00. The number of nitrogens with zero attached hydrogens (tertiary/aromatic N) is 3. The summed E-state index contributed by atoms with van der Waals surface area (Å²) in [4.78, 5) is 53.3. The van der Waals surface area contributed by atoms with E-state index < -0.39 is 12.0 Å². The maximum absolute atomic E-state index is 12.8. The second kappa shape index (κ2) is 8.00. The molecule has 0 aliphatic carbocycles. The van der Waals surface area contributed by atoms with Gasteiger partial charge in [-0.15, -0.1) is 0 Å². The number of hydrogen-bond donors (Lipinski definition) is 1. The van der Waals surface area contributed by atoms with E-state index in [1.807, 2.05) is 0 Å². The highest BCUT2D eigenvalue weighted by atomic mass is 16.4. The van der Waals surface area contributed by atoms with Gasteiger partial charge >= 0.3 is 12.0 Å². The van der Waals surface area contributed by atoms with Crippen LogP contribution in [-0.2, 0) is 4.79 Å². The molecular weight excluding hydrogens is 362 g/mol. The number of benzene rings is 1. The summed E-state index contributed by atoms with van der Waals surface area (Å²) in [6.45, 7) is 5.13. The van der Waals surface area contributed by atoms with Crippen LogP contribution in [0.15, 0.2) is 24.3 Å². The number of urea groups is 1. The second-order valence-electron chi connectivity index (χ2n) is 7.50. The third-order valence-electron chi connectivity index (χ3n) is 5.25. The van der Waals surface area contributed by atoms with Crippen LogP contribution < -0.4 is 0 Å². The lowest BCUT2D eigenvalue weighted by Gasteiger charge is -2.40. The monoisotopic (exact) mass is 387 g/mol. The third kappa shape index (κ3) is 3.58. The lowest BCUT2D eigenvalue weighted by molar-refractivity contribution is -0.144. The number of imide groups is 1. The van der Waals surface area contributed by atoms with Gasteiger partial charge < -0.3 is 14.9 Å². The molecule has 1 N–H and O–H groups in total. The first-order chi connectivity index (χ1) is 13.3. The fourth-order valence-electron chi connectivity index (χ4n) is 3.91. The Hall–Kier alpha value is -2.90. The number of hydrogen-bond acceptors (Lipinski definition) is 4. The Morgan fingerprint density at radius 2 is 1.64 bits per heavy atom. The Balaban J connectivity index is 1.59. The molecule has 4 amide bonds. The van der Waals surface area contributed by atoms with Crippen LogP contribution in [0.25, 0.3) is 0 Å². The van der Waals surface area contributed by atoms with Crippen molar-refractivity contribution in [2.75, 3.05) is 26.2 Å². The van der Waals surface area contributed by atoms with Gasteiger partial charge in [0.1, 0.15) is 6.04 Å². The molecule has 2 heterocycles. The Labute approximate surface area is 163 Å². The number of carboxylic acid groups (broad SMARTS) is 1. The average Bonchev–Trinajstić information content (AvgIpc) is 2.89. The number of carboxylic acids is 1. The minimum Gasteiger partial charge on any atom is -0.480 e. The van der Waals surface area contributed by atoms with E-state index in [0.717, 1.165) is 0 Å². The molecule has 1 atom stereocenters. The summed E-state index contributed by atoms with van der Waals surface area (Å²) >= 11 is 0. The number of fused-ring (bicyclic) bond motifs is 1. The average molecular weight is 387 g/mol. The van der Waals surface area contributed by atoms with Crippen molar-refractivity contribution in [3.8, 4) is 0 Å². The topological polar surface area (TPSA) is 98.2 Å². The minimum absolute atomic E-state index is 0.195. The zero-order valence-electron chi connectivity index (χ0n) is 16.1. The van der Waals surface area contributed by atoms with E-state index in [2.05, 4.69) is 0 Å². The van der Waals surface area contributed by atoms with Crippen molar-refractivity contribution in [2.24, 2.45) is 5.92 Å². The van der Waals surface area contributed by atoms with E-state index in [4.69, 9.17) is 0 Å². The van der Waals surface area contributed by atoms with Crippen molar-refractivity contribution in [2.45, 2.75) is 32.7 Å². The first-order valence-electron chi connectivity index (χ1n) is 9.56. The van der Waals surface area contributed by atoms with Gasteiger partial charge in [-0.25, -0.2) is 9.59 Å². The zero-order valence-corrected chi connectivity index (χ0v) is 16.1. The Morgan fingerprint density at radius 1 is 1.04 bits per heavy atom. The fraction of sp³-hybridized carbons (Fsp3) is 0.500. The molecule has 1 aromatic carbocycles. The summed E-state index contributed by atoms with van der Waals surface area (Å²) < 4.78 is 0. The molecule has 8 nitrogen and oxygen atoms in total. The normalized spacial score (nSPS) is 18.1. The maximum atomic E-state index is 12.8. The van der Waals surface area contributed by atoms with Gasteiger partial charge in [0, 0.05) is 26.2 Å². The van der Waals surface area contributed by atoms with Gasteiger partial charge in [-0.1, -0.05) is 26.0 Å². The van der Waals surface area contributed by atoms with Crippen LogP contribution in [0.1, 0.15) is 47.4 Å². The van der Waals surface area contributed by atoms with E-state index in [9.17, 15) is 24.3 Å². The number of carbonyl (C=O) groups is 4. The highest BCUT2D eigenvalue weighted by Gasteiger charge is 2.37. The molecule has 150 valence electrons. The molecule has 1 unspecified atom stereocenters. The van der Waals surface area contributed by atoms with E-state index in [0.29, 0.717) is 43.6 Å². The molecule has 0 saturated carbocycles. The lowest BCUT2D eigenvalue weighted by atomic mass is 10.0. The van der Waals surface area contributed by atoms with Gasteiger partial charge in [0.05, 0.1) is 11.1 Å². The van der Waals surface area contributed by atoms with Gasteiger partial charge in [-0.3, -0.25) is 14.5 Å². The van der Waals surface area contributed by atoms with Gasteiger partial charge in [-0.05, 0) is 30.9 Å². The summed E-state index contributed by atoms with van der Waals surface area (Å²) in [6, 6.07) is 5.57. The molecule has 28 heavy (non-hydrogen) atoms. The van der Waals surface area contributed by atoms with Crippen LogP contribution in [0.2, 0.25) is 0 Å². The van der Waals surface area contributed by atoms with Crippen molar-refractivity contribution in [1.29, 1.82) is 0 Å². The summed E-state index contributed by atoms with van der Waals surface area (Å²) in [5, 5.41) is 9.47. The fourth-order valence-corrected chi connectivity index (χ4v) is 3.91.